The van der Waals surface area contributed by atoms with E-state index in [0.29, 0.717) is 24.4 Å². The SMILES string of the molecule is CCCC(=O)C(N=C1C(F)CC(c2ccccc2)N1C)=C(C)C. The second-order valence-corrected chi connectivity index (χ2v) is 6.23. The number of nitrogens with zero attached hydrogens (tertiary/aromatic N) is 2. The Bertz CT molecular complexity index is 618. The molecule has 0 aromatic heterocycles. The number of amidine groups is 1. The standard InChI is InChI=1S/C19H25FN2O/c1-5-9-17(23)18(13(2)3)21-19-15(20)12-16(22(19)4)14-10-7-6-8-11-14/h6-8,10-11,15-16H,5,9,12H2,1-4H3. The van der Waals surface area contributed by atoms with Crippen molar-refractivity contribution in [1.82, 2.24) is 4.90 Å². The van der Waals surface area contributed by atoms with Crippen LogP contribution in [-0.4, -0.2) is 29.7 Å². The molecular weight excluding hydrogens is 291 g/mol. The van der Waals surface area contributed by atoms with E-state index < -0.39 is 6.17 Å². The van der Waals surface area contributed by atoms with Crippen LogP contribution >= 0.6 is 0 Å². The predicted octanol–water partition coefficient (Wildman–Crippen LogP) is 4.46. The molecule has 4 heteroatoms. The Labute approximate surface area is 137 Å². The van der Waals surface area contributed by atoms with Gasteiger partial charge in [-0.3, -0.25) is 4.79 Å². The molecule has 1 fully saturated rings. The van der Waals surface area contributed by atoms with Crippen molar-refractivity contribution < 1.29 is 9.18 Å². The summed E-state index contributed by atoms with van der Waals surface area (Å²) in [6, 6.07) is 9.83. The Morgan fingerprint density at radius 2 is 1.96 bits per heavy atom. The fourth-order valence-electron chi connectivity index (χ4n) is 2.94. The first-order valence-corrected chi connectivity index (χ1v) is 8.16. The van der Waals surface area contributed by atoms with Crippen LogP contribution in [0.2, 0.25) is 0 Å². The molecule has 1 heterocycles. The average Bonchev–Trinajstić information content (AvgIpc) is 2.80. The highest BCUT2D eigenvalue weighted by Crippen LogP contribution is 2.34. The number of allylic oxidation sites excluding steroid dienone is 2. The van der Waals surface area contributed by atoms with Gasteiger partial charge in [-0.25, -0.2) is 9.38 Å². The van der Waals surface area contributed by atoms with Gasteiger partial charge in [0.05, 0.1) is 6.04 Å². The first-order chi connectivity index (χ1) is 11.0. The van der Waals surface area contributed by atoms with Gasteiger partial charge in [-0.1, -0.05) is 37.3 Å². The van der Waals surface area contributed by atoms with Gasteiger partial charge in [0.2, 0.25) is 0 Å². The molecule has 1 aromatic carbocycles. The molecule has 1 saturated heterocycles. The zero-order chi connectivity index (χ0) is 17.0. The second kappa shape index (κ2) is 7.53. The summed E-state index contributed by atoms with van der Waals surface area (Å²) < 4.78 is 14.5. The molecule has 2 atom stereocenters. The number of alkyl halides is 1. The molecule has 2 unspecified atom stereocenters. The molecule has 3 nitrogen and oxygen atoms in total. The second-order valence-electron chi connectivity index (χ2n) is 6.23. The van der Waals surface area contributed by atoms with Crippen molar-refractivity contribution in [3.63, 3.8) is 0 Å². The van der Waals surface area contributed by atoms with Gasteiger partial charge >= 0.3 is 0 Å². The molecule has 23 heavy (non-hydrogen) atoms. The largest absolute Gasteiger partial charge is 0.353 e. The first-order valence-electron chi connectivity index (χ1n) is 8.16. The summed E-state index contributed by atoms with van der Waals surface area (Å²) >= 11 is 0. The van der Waals surface area contributed by atoms with Crippen LogP contribution in [0.25, 0.3) is 0 Å². The van der Waals surface area contributed by atoms with Gasteiger partial charge in [0.25, 0.3) is 0 Å². The topological polar surface area (TPSA) is 32.7 Å². The zero-order valence-corrected chi connectivity index (χ0v) is 14.3. The molecule has 0 aliphatic carbocycles. The number of carbonyl (C=O) groups is 1. The van der Waals surface area contributed by atoms with Crippen molar-refractivity contribution in [3.05, 3.63) is 47.2 Å². The number of aliphatic imine (C=N–C) groups is 1. The lowest BCUT2D eigenvalue weighted by molar-refractivity contribution is -0.115. The lowest BCUT2D eigenvalue weighted by atomic mass is 10.0. The van der Waals surface area contributed by atoms with E-state index in [2.05, 4.69) is 4.99 Å². The van der Waals surface area contributed by atoms with Gasteiger partial charge in [0, 0.05) is 19.9 Å². The molecule has 0 saturated carbocycles. The summed E-state index contributed by atoms with van der Waals surface area (Å²) in [5.74, 6) is 0.350. The van der Waals surface area contributed by atoms with Crippen molar-refractivity contribution in [2.45, 2.75) is 52.2 Å². The highest BCUT2D eigenvalue weighted by Gasteiger charge is 2.36. The Balaban J connectivity index is 2.32. The normalized spacial score (nSPS) is 22.5. The molecule has 124 valence electrons. The first kappa shape index (κ1) is 17.4. The predicted molar refractivity (Wildman–Crippen MR) is 92.2 cm³/mol. The summed E-state index contributed by atoms with van der Waals surface area (Å²) in [5, 5.41) is 0. The van der Waals surface area contributed by atoms with E-state index >= 15 is 0 Å². The summed E-state index contributed by atoms with van der Waals surface area (Å²) in [5.41, 5.74) is 2.31. The van der Waals surface area contributed by atoms with Crippen molar-refractivity contribution >= 4 is 11.6 Å². The van der Waals surface area contributed by atoms with Crippen molar-refractivity contribution in [3.8, 4) is 0 Å². The molecule has 1 aliphatic rings. The van der Waals surface area contributed by atoms with Gasteiger partial charge in [0.1, 0.15) is 11.5 Å². The molecule has 0 amide bonds. The minimum absolute atomic E-state index is 0.0104. The Morgan fingerprint density at radius 3 is 2.52 bits per heavy atom. The minimum atomic E-state index is -1.14. The molecule has 2 rings (SSSR count). The molecule has 0 N–H and O–H groups in total. The number of hydrogen-bond donors (Lipinski definition) is 0. The van der Waals surface area contributed by atoms with E-state index in [0.717, 1.165) is 17.6 Å². The van der Waals surface area contributed by atoms with E-state index in [1.807, 2.05) is 63.1 Å². The third-order valence-corrected chi connectivity index (χ3v) is 4.16. The van der Waals surface area contributed by atoms with Gasteiger partial charge in [-0.05, 0) is 31.4 Å². The number of rotatable bonds is 5. The zero-order valence-electron chi connectivity index (χ0n) is 14.3. The van der Waals surface area contributed by atoms with Crippen LogP contribution in [-0.2, 0) is 4.79 Å². The number of hydrogen-bond acceptors (Lipinski definition) is 2. The lowest BCUT2D eigenvalue weighted by Gasteiger charge is -2.22. The van der Waals surface area contributed by atoms with Crippen LogP contribution in [0.4, 0.5) is 4.39 Å². The van der Waals surface area contributed by atoms with Crippen LogP contribution in [0.5, 0.6) is 0 Å². The van der Waals surface area contributed by atoms with E-state index in [1.54, 1.807) is 0 Å². The molecule has 1 aliphatic heterocycles. The Morgan fingerprint density at radius 1 is 1.30 bits per heavy atom. The smallest absolute Gasteiger partial charge is 0.181 e. The Kier molecular flexibility index (Phi) is 5.69. The fraction of sp³-hybridized carbons (Fsp3) is 0.474. The van der Waals surface area contributed by atoms with Gasteiger partial charge < -0.3 is 4.90 Å². The number of benzene rings is 1. The van der Waals surface area contributed by atoms with E-state index in [9.17, 15) is 9.18 Å². The van der Waals surface area contributed by atoms with Gasteiger partial charge in [-0.2, -0.15) is 0 Å². The number of halogens is 1. The van der Waals surface area contributed by atoms with Gasteiger partial charge in [-0.15, -0.1) is 0 Å². The summed E-state index contributed by atoms with van der Waals surface area (Å²) in [4.78, 5) is 18.5. The van der Waals surface area contributed by atoms with Crippen LogP contribution in [0, 0.1) is 0 Å². The van der Waals surface area contributed by atoms with E-state index in [-0.39, 0.29) is 11.8 Å². The van der Waals surface area contributed by atoms with E-state index in [4.69, 9.17) is 0 Å². The monoisotopic (exact) mass is 316 g/mol. The lowest BCUT2D eigenvalue weighted by Crippen LogP contribution is -2.26. The molecule has 0 bridgehead atoms. The quantitative estimate of drug-likeness (QED) is 0.751. The van der Waals surface area contributed by atoms with Crippen molar-refractivity contribution in [2.75, 3.05) is 7.05 Å². The highest BCUT2D eigenvalue weighted by atomic mass is 19.1. The third-order valence-electron chi connectivity index (χ3n) is 4.16. The third kappa shape index (κ3) is 3.87. The summed E-state index contributed by atoms with van der Waals surface area (Å²) in [6.45, 7) is 5.66. The highest BCUT2D eigenvalue weighted by molar-refractivity contribution is 6.00. The van der Waals surface area contributed by atoms with Gasteiger partial charge in [0.15, 0.2) is 12.0 Å². The van der Waals surface area contributed by atoms with Crippen molar-refractivity contribution in [1.29, 1.82) is 0 Å². The maximum atomic E-state index is 14.5. The van der Waals surface area contributed by atoms with Crippen LogP contribution in [0.15, 0.2) is 46.6 Å². The average molecular weight is 316 g/mol. The van der Waals surface area contributed by atoms with Crippen LogP contribution in [0.3, 0.4) is 0 Å². The fourth-order valence-corrected chi connectivity index (χ4v) is 2.94. The van der Waals surface area contributed by atoms with E-state index in [1.165, 1.54) is 0 Å². The maximum Gasteiger partial charge on any atom is 0.181 e. The van der Waals surface area contributed by atoms with Crippen molar-refractivity contribution in [2.24, 2.45) is 4.99 Å². The molecule has 1 aromatic rings. The van der Waals surface area contributed by atoms with Crippen LogP contribution < -0.4 is 0 Å². The number of Topliss-reactive ketones (excluding diaryl/α,β-unsaturated/α-hetero) is 1. The minimum Gasteiger partial charge on any atom is -0.353 e. The van der Waals surface area contributed by atoms with Crippen LogP contribution in [0.1, 0.15) is 51.6 Å². The Hall–Kier alpha value is -1.97. The number of carbonyl (C=O) groups excluding carboxylic acids is 1. The molecule has 0 radical (unpaired) electrons. The molecular formula is C19H25FN2O. The number of ketones is 1. The summed E-state index contributed by atoms with van der Waals surface area (Å²) in [7, 11) is 1.85. The maximum absolute atomic E-state index is 14.5. The molecule has 0 spiro atoms. The summed E-state index contributed by atoms with van der Waals surface area (Å²) in [6.07, 6.45) is 0.438. The number of likely N-dealkylation sites (tertiary alicyclic amines) is 1.